The van der Waals surface area contributed by atoms with Gasteiger partial charge in [0.15, 0.2) is 0 Å². The minimum absolute atomic E-state index is 0.0860. The molecule has 1 aliphatic heterocycles. The largest absolute Gasteiger partial charge is 0.325 e. The molecule has 0 fully saturated rings. The van der Waals surface area contributed by atoms with Gasteiger partial charge in [0.1, 0.15) is 5.82 Å². The van der Waals surface area contributed by atoms with Crippen molar-refractivity contribution in [3.8, 4) is 0 Å². The van der Waals surface area contributed by atoms with Gasteiger partial charge in [-0.15, -0.1) is 11.8 Å². The first-order valence-corrected chi connectivity index (χ1v) is 8.67. The number of fused-ring (bicyclic) bond motifs is 1. The Bertz CT molecular complexity index is 777. The molecule has 3 rings (SSSR count). The first-order chi connectivity index (χ1) is 11.6. The molecule has 0 saturated heterocycles. The summed E-state index contributed by atoms with van der Waals surface area (Å²) >= 11 is 1.35. The fraction of sp³-hybridized carbons (Fsp3) is 0.222. The first kappa shape index (κ1) is 16.5. The van der Waals surface area contributed by atoms with Crippen LogP contribution in [-0.2, 0) is 16.0 Å². The maximum Gasteiger partial charge on any atom is 0.234 e. The van der Waals surface area contributed by atoms with Crippen LogP contribution in [0.2, 0.25) is 0 Å². The Kier molecular flexibility index (Phi) is 4.85. The zero-order valence-electron chi connectivity index (χ0n) is 13.2. The van der Waals surface area contributed by atoms with Gasteiger partial charge in [0.25, 0.3) is 0 Å². The van der Waals surface area contributed by atoms with Gasteiger partial charge >= 0.3 is 0 Å². The number of likely N-dealkylation sites (N-methyl/N-ethyl adjacent to an activating group) is 1. The van der Waals surface area contributed by atoms with E-state index in [0.717, 1.165) is 16.1 Å². The summed E-state index contributed by atoms with van der Waals surface area (Å²) in [4.78, 5) is 26.5. The Hall–Kier alpha value is -2.34. The normalized spacial score (nSPS) is 13.1. The summed E-state index contributed by atoms with van der Waals surface area (Å²) < 4.78 is 12.8. The monoisotopic (exact) mass is 344 g/mol. The molecule has 124 valence electrons. The van der Waals surface area contributed by atoms with Gasteiger partial charge in [-0.1, -0.05) is 0 Å². The van der Waals surface area contributed by atoms with E-state index in [1.165, 1.54) is 23.9 Å². The highest BCUT2D eigenvalue weighted by Gasteiger charge is 2.25. The van der Waals surface area contributed by atoms with E-state index in [9.17, 15) is 14.0 Å². The van der Waals surface area contributed by atoms with E-state index >= 15 is 0 Å². The molecule has 2 aromatic rings. The van der Waals surface area contributed by atoms with E-state index < -0.39 is 0 Å². The fourth-order valence-corrected chi connectivity index (χ4v) is 3.38. The molecular formula is C18H17FN2O2S. The van der Waals surface area contributed by atoms with Crippen LogP contribution >= 0.6 is 11.8 Å². The van der Waals surface area contributed by atoms with Gasteiger partial charge in [0.05, 0.1) is 12.2 Å². The third kappa shape index (κ3) is 3.59. The van der Waals surface area contributed by atoms with Crippen LogP contribution in [0, 0.1) is 5.82 Å². The van der Waals surface area contributed by atoms with Gasteiger partial charge in [0.2, 0.25) is 11.8 Å². The predicted octanol–water partition coefficient (Wildman–Crippen LogP) is 3.47. The Labute approximate surface area is 144 Å². The van der Waals surface area contributed by atoms with E-state index in [0.29, 0.717) is 18.7 Å². The lowest BCUT2D eigenvalue weighted by molar-refractivity contribution is -0.117. The molecular weight excluding hydrogens is 327 g/mol. The highest BCUT2D eigenvalue weighted by molar-refractivity contribution is 8.00. The first-order valence-electron chi connectivity index (χ1n) is 7.68. The number of anilines is 2. The molecule has 0 spiro atoms. The molecule has 0 radical (unpaired) electrons. The van der Waals surface area contributed by atoms with Crippen LogP contribution in [-0.4, -0.2) is 24.1 Å². The van der Waals surface area contributed by atoms with Gasteiger partial charge in [-0.3, -0.25) is 9.59 Å². The average molecular weight is 344 g/mol. The summed E-state index contributed by atoms with van der Waals surface area (Å²) in [6.07, 6.45) is 0.372. The topological polar surface area (TPSA) is 49.4 Å². The van der Waals surface area contributed by atoms with Crippen LogP contribution in [0.25, 0.3) is 0 Å². The second-order valence-electron chi connectivity index (χ2n) is 5.45. The number of carbonyl (C=O) groups is 2. The molecule has 24 heavy (non-hydrogen) atoms. The highest BCUT2D eigenvalue weighted by atomic mass is 32.2. The number of thioether (sulfide) groups is 1. The van der Waals surface area contributed by atoms with Crippen molar-refractivity contribution in [3.05, 3.63) is 53.8 Å². The number of hydrogen-bond acceptors (Lipinski definition) is 3. The van der Waals surface area contributed by atoms with Crippen LogP contribution in [0.15, 0.2) is 47.4 Å². The fourth-order valence-electron chi connectivity index (χ4n) is 2.68. The lowest BCUT2D eigenvalue weighted by Gasteiger charge is -2.14. The van der Waals surface area contributed by atoms with Crippen molar-refractivity contribution in [1.82, 2.24) is 0 Å². The number of nitrogens with zero attached hydrogens (tertiary/aromatic N) is 1. The zero-order chi connectivity index (χ0) is 17.1. The third-order valence-electron chi connectivity index (χ3n) is 3.80. The maximum absolute atomic E-state index is 12.8. The van der Waals surface area contributed by atoms with Crippen molar-refractivity contribution in [2.24, 2.45) is 0 Å². The van der Waals surface area contributed by atoms with E-state index in [4.69, 9.17) is 0 Å². The van der Waals surface area contributed by atoms with Crippen molar-refractivity contribution in [2.75, 3.05) is 22.5 Å². The summed E-state index contributed by atoms with van der Waals surface area (Å²) in [5, 5.41) is 2.84. The summed E-state index contributed by atoms with van der Waals surface area (Å²) in [5.74, 6) is -0.107. The zero-order valence-corrected chi connectivity index (χ0v) is 14.0. The highest BCUT2D eigenvalue weighted by Crippen LogP contribution is 2.31. The number of nitrogens with one attached hydrogen (secondary N) is 1. The van der Waals surface area contributed by atoms with E-state index in [-0.39, 0.29) is 23.4 Å². The van der Waals surface area contributed by atoms with Gasteiger partial charge in [-0.05, 0) is 55.0 Å². The predicted molar refractivity (Wildman–Crippen MR) is 93.9 cm³/mol. The van der Waals surface area contributed by atoms with Crippen LogP contribution in [0.5, 0.6) is 0 Å². The molecule has 0 atom stereocenters. The SMILES string of the molecule is CCN1C(=O)Cc2cc(NC(=O)CSc3ccc(F)cc3)ccc21. The Balaban J connectivity index is 1.60. The second-order valence-corrected chi connectivity index (χ2v) is 6.50. The number of halogens is 1. The van der Waals surface area contributed by atoms with Crippen molar-refractivity contribution in [3.63, 3.8) is 0 Å². The van der Waals surface area contributed by atoms with Gasteiger partial charge < -0.3 is 10.2 Å². The molecule has 6 heteroatoms. The molecule has 1 heterocycles. The molecule has 0 unspecified atom stereocenters. The third-order valence-corrected chi connectivity index (χ3v) is 4.81. The van der Waals surface area contributed by atoms with E-state index in [2.05, 4.69) is 5.32 Å². The smallest absolute Gasteiger partial charge is 0.234 e. The molecule has 1 aliphatic rings. The Morgan fingerprint density at radius 1 is 1.25 bits per heavy atom. The van der Waals surface area contributed by atoms with Crippen LogP contribution < -0.4 is 10.2 Å². The number of benzene rings is 2. The molecule has 0 saturated carbocycles. The molecule has 0 aromatic heterocycles. The number of rotatable bonds is 5. The van der Waals surface area contributed by atoms with Gasteiger partial charge in [0, 0.05) is 22.8 Å². The molecule has 4 nitrogen and oxygen atoms in total. The minimum Gasteiger partial charge on any atom is -0.325 e. The molecule has 1 N–H and O–H groups in total. The standard InChI is InChI=1S/C18H17FN2O2S/c1-2-21-16-8-5-14(9-12(16)10-18(21)23)20-17(22)11-24-15-6-3-13(19)4-7-15/h3-9H,2,10-11H2,1H3,(H,20,22). The molecule has 2 amide bonds. The van der Waals surface area contributed by atoms with Crippen LogP contribution in [0.4, 0.5) is 15.8 Å². The lowest BCUT2D eigenvalue weighted by Crippen LogP contribution is -2.25. The van der Waals surface area contributed by atoms with E-state index in [1.807, 2.05) is 19.1 Å². The van der Waals surface area contributed by atoms with Crippen LogP contribution in [0.3, 0.4) is 0 Å². The Morgan fingerprint density at radius 2 is 2.00 bits per heavy atom. The van der Waals surface area contributed by atoms with E-state index in [1.54, 1.807) is 23.1 Å². The summed E-state index contributed by atoms with van der Waals surface area (Å²) in [5.41, 5.74) is 2.54. The Morgan fingerprint density at radius 3 is 2.71 bits per heavy atom. The number of amides is 2. The van der Waals surface area contributed by atoms with Crippen molar-refractivity contribution in [1.29, 1.82) is 0 Å². The second kappa shape index (κ2) is 7.05. The summed E-state index contributed by atoms with van der Waals surface area (Å²) in [7, 11) is 0. The summed E-state index contributed by atoms with van der Waals surface area (Å²) in [6, 6.07) is 11.6. The van der Waals surface area contributed by atoms with Crippen molar-refractivity contribution >= 4 is 35.0 Å². The summed E-state index contributed by atoms with van der Waals surface area (Å²) in [6.45, 7) is 2.58. The van der Waals surface area contributed by atoms with Gasteiger partial charge in [-0.25, -0.2) is 4.39 Å². The molecule has 0 aliphatic carbocycles. The van der Waals surface area contributed by atoms with Crippen LogP contribution in [0.1, 0.15) is 12.5 Å². The maximum atomic E-state index is 12.8. The average Bonchev–Trinajstić information content (AvgIpc) is 2.88. The van der Waals surface area contributed by atoms with Gasteiger partial charge in [-0.2, -0.15) is 0 Å². The quantitative estimate of drug-likeness (QED) is 0.845. The number of hydrogen-bond donors (Lipinski definition) is 1. The van der Waals surface area contributed by atoms with Crippen molar-refractivity contribution < 1.29 is 14.0 Å². The molecule has 0 bridgehead atoms. The minimum atomic E-state index is -0.294. The lowest BCUT2D eigenvalue weighted by atomic mass is 10.1. The number of carbonyl (C=O) groups excluding carboxylic acids is 2. The molecule has 2 aromatic carbocycles. The van der Waals surface area contributed by atoms with Crippen molar-refractivity contribution in [2.45, 2.75) is 18.2 Å².